The van der Waals surface area contributed by atoms with E-state index in [0.29, 0.717) is 4.47 Å². The number of nitrogens with zero attached hydrogens (tertiary/aromatic N) is 2. The maximum Gasteiger partial charge on any atom is 0.313 e. The summed E-state index contributed by atoms with van der Waals surface area (Å²) in [4.78, 5) is 14.3. The first-order chi connectivity index (χ1) is 8.99. The maximum absolute atomic E-state index is 10.9. The van der Waals surface area contributed by atoms with Gasteiger partial charge in [-0.1, -0.05) is 29.3 Å². The number of hydrogen-bond donors (Lipinski definition) is 0. The summed E-state index contributed by atoms with van der Waals surface area (Å²) in [5.74, 6) is -0.0491. The van der Waals surface area contributed by atoms with Crippen molar-refractivity contribution in [1.29, 1.82) is 0 Å². The number of halogens is 3. The number of para-hydroxylation sites is 1. The lowest BCUT2D eigenvalue weighted by Crippen LogP contribution is -1.95. The Morgan fingerprint density at radius 1 is 1.32 bits per heavy atom. The van der Waals surface area contributed by atoms with Crippen molar-refractivity contribution in [1.82, 2.24) is 4.98 Å². The van der Waals surface area contributed by atoms with E-state index in [4.69, 9.17) is 27.9 Å². The second-order valence-electron chi connectivity index (χ2n) is 3.39. The third-order valence-electron chi connectivity index (χ3n) is 2.12. The minimum Gasteiger partial charge on any atom is -0.429 e. The predicted molar refractivity (Wildman–Crippen MR) is 75.1 cm³/mol. The van der Waals surface area contributed by atoms with Gasteiger partial charge in [0.05, 0.1) is 9.95 Å². The van der Waals surface area contributed by atoms with E-state index >= 15 is 0 Å². The molecule has 0 N–H and O–H groups in total. The Morgan fingerprint density at radius 3 is 2.68 bits per heavy atom. The van der Waals surface area contributed by atoms with Gasteiger partial charge in [-0.05, 0) is 28.1 Å². The average molecular weight is 364 g/mol. The number of pyridine rings is 1. The maximum atomic E-state index is 10.9. The number of rotatable bonds is 3. The predicted octanol–water partition coefficient (Wildman–Crippen LogP) is 4.85. The molecule has 8 heteroatoms. The molecular weight excluding hydrogens is 359 g/mol. The highest BCUT2D eigenvalue weighted by Crippen LogP contribution is 2.39. The topological polar surface area (TPSA) is 65.3 Å². The van der Waals surface area contributed by atoms with Crippen LogP contribution < -0.4 is 4.74 Å². The Labute approximate surface area is 126 Å². The third kappa shape index (κ3) is 3.15. The Bertz CT molecular complexity index is 652. The molecule has 0 bridgehead atoms. The summed E-state index contributed by atoms with van der Waals surface area (Å²) in [5, 5.41) is 11.2. The fraction of sp³-hybridized carbons (Fsp3) is 0. The average Bonchev–Trinajstić information content (AvgIpc) is 2.34. The Kier molecular flexibility index (Phi) is 4.24. The summed E-state index contributed by atoms with van der Waals surface area (Å²) in [6.07, 6.45) is 1.46. The van der Waals surface area contributed by atoms with E-state index in [0.717, 1.165) is 0 Å². The molecule has 0 aliphatic rings. The van der Waals surface area contributed by atoms with Crippen molar-refractivity contribution in [2.75, 3.05) is 0 Å². The van der Waals surface area contributed by atoms with E-state index in [2.05, 4.69) is 20.9 Å². The zero-order valence-corrected chi connectivity index (χ0v) is 12.2. The van der Waals surface area contributed by atoms with Gasteiger partial charge in [-0.2, -0.15) is 0 Å². The van der Waals surface area contributed by atoms with Crippen molar-refractivity contribution in [3.8, 4) is 11.6 Å². The van der Waals surface area contributed by atoms with Gasteiger partial charge in [0, 0.05) is 16.7 Å². The second-order valence-corrected chi connectivity index (χ2v) is 5.12. The van der Waals surface area contributed by atoms with E-state index in [1.807, 2.05) is 0 Å². The molecule has 0 fully saturated rings. The summed E-state index contributed by atoms with van der Waals surface area (Å²) in [7, 11) is 0. The van der Waals surface area contributed by atoms with Gasteiger partial charge in [0.15, 0.2) is 0 Å². The van der Waals surface area contributed by atoms with E-state index in [-0.39, 0.29) is 27.4 Å². The number of aromatic nitrogens is 1. The summed E-state index contributed by atoms with van der Waals surface area (Å²) < 4.78 is 6.02. The van der Waals surface area contributed by atoms with Gasteiger partial charge in [-0.15, -0.1) is 0 Å². The van der Waals surface area contributed by atoms with E-state index in [1.165, 1.54) is 24.4 Å². The molecule has 0 amide bonds. The van der Waals surface area contributed by atoms with Crippen LogP contribution in [0.5, 0.6) is 11.6 Å². The van der Waals surface area contributed by atoms with Crippen molar-refractivity contribution in [3.05, 3.63) is 55.1 Å². The zero-order chi connectivity index (χ0) is 14.0. The highest BCUT2D eigenvalue weighted by molar-refractivity contribution is 9.10. The number of nitro groups is 1. The smallest absolute Gasteiger partial charge is 0.313 e. The van der Waals surface area contributed by atoms with Crippen LogP contribution in [0.25, 0.3) is 0 Å². The lowest BCUT2D eigenvalue weighted by atomic mass is 10.3. The fourth-order valence-corrected chi connectivity index (χ4v) is 2.19. The lowest BCUT2D eigenvalue weighted by molar-refractivity contribution is -0.385. The molecule has 0 unspecified atom stereocenters. The molecule has 0 spiro atoms. The first-order valence-electron chi connectivity index (χ1n) is 4.91. The second kappa shape index (κ2) is 5.73. The fourth-order valence-electron chi connectivity index (χ4n) is 1.32. The van der Waals surface area contributed by atoms with Gasteiger partial charge in [-0.25, -0.2) is 4.98 Å². The van der Waals surface area contributed by atoms with Crippen LogP contribution in [-0.4, -0.2) is 9.91 Å². The van der Waals surface area contributed by atoms with Gasteiger partial charge in [0.25, 0.3) is 0 Å². The van der Waals surface area contributed by atoms with Crippen LogP contribution in [0.4, 0.5) is 5.69 Å². The normalized spacial score (nSPS) is 10.3. The van der Waals surface area contributed by atoms with Crippen molar-refractivity contribution in [2.45, 2.75) is 0 Å². The van der Waals surface area contributed by atoms with Gasteiger partial charge in [0.2, 0.25) is 11.6 Å². The van der Waals surface area contributed by atoms with Gasteiger partial charge in [-0.3, -0.25) is 10.1 Å². The minimum absolute atomic E-state index is 0.0427. The molecule has 0 aliphatic heterocycles. The largest absolute Gasteiger partial charge is 0.429 e. The van der Waals surface area contributed by atoms with Crippen LogP contribution in [0.3, 0.4) is 0 Å². The quantitative estimate of drug-likeness (QED) is 0.577. The van der Waals surface area contributed by atoms with Crippen LogP contribution in [-0.2, 0) is 0 Å². The molecule has 2 aromatic rings. The lowest BCUT2D eigenvalue weighted by Gasteiger charge is -2.08. The van der Waals surface area contributed by atoms with E-state index in [9.17, 15) is 10.1 Å². The van der Waals surface area contributed by atoms with Crippen LogP contribution in [0.1, 0.15) is 0 Å². The van der Waals surface area contributed by atoms with Crippen molar-refractivity contribution < 1.29 is 9.66 Å². The molecule has 19 heavy (non-hydrogen) atoms. The Hall–Kier alpha value is -1.37. The number of ether oxygens (including phenoxy) is 1. The SMILES string of the molecule is O=[N+]([O-])c1cccc(Cl)c1Oc1ncc(Br)cc1Cl. The summed E-state index contributed by atoms with van der Waals surface area (Å²) in [6, 6.07) is 5.79. The number of benzene rings is 1. The summed E-state index contributed by atoms with van der Waals surface area (Å²) >= 11 is 15.0. The minimum atomic E-state index is -0.589. The number of nitro benzene ring substituents is 1. The van der Waals surface area contributed by atoms with E-state index in [1.54, 1.807) is 6.07 Å². The van der Waals surface area contributed by atoms with E-state index < -0.39 is 4.92 Å². The summed E-state index contributed by atoms with van der Waals surface area (Å²) in [6.45, 7) is 0. The molecule has 0 saturated carbocycles. The Morgan fingerprint density at radius 2 is 2.05 bits per heavy atom. The van der Waals surface area contributed by atoms with Gasteiger partial charge in [0.1, 0.15) is 5.02 Å². The molecule has 0 radical (unpaired) electrons. The third-order valence-corrected chi connectivity index (χ3v) is 3.12. The Balaban J connectivity index is 2.46. The van der Waals surface area contributed by atoms with Crippen LogP contribution in [0.15, 0.2) is 34.9 Å². The molecule has 1 heterocycles. The first-order valence-corrected chi connectivity index (χ1v) is 6.45. The molecule has 0 aliphatic carbocycles. The molecule has 98 valence electrons. The monoisotopic (exact) mass is 362 g/mol. The summed E-state index contributed by atoms with van der Waals surface area (Å²) in [5.41, 5.74) is -0.256. The van der Waals surface area contributed by atoms with Crippen molar-refractivity contribution >= 4 is 44.8 Å². The van der Waals surface area contributed by atoms with Gasteiger partial charge < -0.3 is 4.74 Å². The molecule has 5 nitrogen and oxygen atoms in total. The highest BCUT2D eigenvalue weighted by Gasteiger charge is 2.20. The highest BCUT2D eigenvalue weighted by atomic mass is 79.9. The van der Waals surface area contributed by atoms with Gasteiger partial charge >= 0.3 is 5.69 Å². The van der Waals surface area contributed by atoms with Crippen LogP contribution >= 0.6 is 39.1 Å². The molecule has 0 saturated heterocycles. The standard InChI is InChI=1S/C11H5BrCl2N2O3/c12-6-4-8(14)11(15-5-6)19-10-7(13)2-1-3-9(10)16(17)18/h1-5H. The number of hydrogen-bond acceptors (Lipinski definition) is 4. The van der Waals surface area contributed by atoms with Crippen molar-refractivity contribution in [3.63, 3.8) is 0 Å². The molecule has 1 aromatic carbocycles. The molecule has 0 atom stereocenters. The van der Waals surface area contributed by atoms with Crippen LogP contribution in [0, 0.1) is 10.1 Å². The van der Waals surface area contributed by atoms with Crippen LogP contribution in [0.2, 0.25) is 10.0 Å². The molecule has 2 rings (SSSR count). The molecule has 1 aromatic heterocycles. The molecular formula is C11H5BrCl2N2O3. The zero-order valence-electron chi connectivity index (χ0n) is 9.14. The first kappa shape index (κ1) is 14.0. The van der Waals surface area contributed by atoms with Crippen molar-refractivity contribution in [2.24, 2.45) is 0 Å².